The molecule has 3 aromatic heterocycles. The third kappa shape index (κ3) is 3.93. The van der Waals surface area contributed by atoms with E-state index >= 15 is 0 Å². The molecule has 4 heterocycles. The first-order chi connectivity index (χ1) is 16.2. The van der Waals surface area contributed by atoms with E-state index in [1.807, 2.05) is 13.0 Å². The first-order valence-electron chi connectivity index (χ1n) is 10.5. The standard InChI is InChI=1S/C22H20ClN7O3/c1-2-32-21-16(4-3-9-24-21)22-27-20(28-33-22)18-8-7-17(29(18)13-31)15-6-5-14(23)12-19(15)30-25-10-11-26-30/h3-6,9-13,17-18H,2,7-8H2,1H3/t17?,18-/m0/s1. The van der Waals surface area contributed by atoms with Gasteiger partial charge in [-0.3, -0.25) is 4.79 Å². The van der Waals surface area contributed by atoms with E-state index < -0.39 is 0 Å². The van der Waals surface area contributed by atoms with Crippen LogP contribution in [0.4, 0.5) is 0 Å². The van der Waals surface area contributed by atoms with Gasteiger partial charge in [0.1, 0.15) is 5.56 Å². The van der Waals surface area contributed by atoms with Crippen LogP contribution in [0.25, 0.3) is 17.1 Å². The Bertz CT molecular complexity index is 1260. The van der Waals surface area contributed by atoms with Crippen LogP contribution >= 0.6 is 11.6 Å². The molecule has 0 bridgehead atoms. The highest BCUT2D eigenvalue weighted by atomic mass is 35.5. The lowest BCUT2D eigenvalue weighted by Crippen LogP contribution is -2.26. The molecule has 1 aliphatic heterocycles. The van der Waals surface area contributed by atoms with Crippen LogP contribution in [-0.4, -0.2) is 48.0 Å². The predicted octanol–water partition coefficient (Wildman–Crippen LogP) is 3.80. The number of ether oxygens (including phenoxy) is 1. The number of halogens is 1. The molecular formula is C22H20ClN7O3. The van der Waals surface area contributed by atoms with Gasteiger partial charge in [0.2, 0.25) is 12.3 Å². The van der Waals surface area contributed by atoms with Crippen LogP contribution in [0.1, 0.15) is 43.2 Å². The number of carbonyl (C=O) groups excluding carboxylic acids is 1. The lowest BCUT2D eigenvalue weighted by atomic mass is 10.0. The second kappa shape index (κ2) is 8.99. The number of aromatic nitrogens is 6. The fraction of sp³-hybridized carbons (Fsp3) is 0.273. The number of pyridine rings is 1. The molecule has 0 N–H and O–H groups in total. The van der Waals surface area contributed by atoms with E-state index in [0.717, 1.165) is 17.7 Å². The summed E-state index contributed by atoms with van der Waals surface area (Å²) in [7, 11) is 0. The van der Waals surface area contributed by atoms with E-state index in [1.54, 1.807) is 47.8 Å². The largest absolute Gasteiger partial charge is 0.477 e. The quantitative estimate of drug-likeness (QED) is 0.379. The van der Waals surface area contributed by atoms with Crippen molar-refractivity contribution < 1.29 is 14.1 Å². The molecule has 4 aromatic rings. The Morgan fingerprint density at radius 3 is 2.79 bits per heavy atom. The minimum absolute atomic E-state index is 0.218. The van der Waals surface area contributed by atoms with Crippen molar-refractivity contribution in [1.82, 2.24) is 35.0 Å². The van der Waals surface area contributed by atoms with Crippen molar-refractivity contribution in [3.63, 3.8) is 0 Å². The SMILES string of the molecule is CCOc1ncccc1-c1nc([C@@H]2CCC(c3ccc(Cl)cc3-n3nccn3)N2C=O)no1. The van der Waals surface area contributed by atoms with Crippen LogP contribution in [0, 0.1) is 0 Å². The van der Waals surface area contributed by atoms with E-state index in [1.165, 1.54) is 4.80 Å². The molecule has 168 valence electrons. The summed E-state index contributed by atoms with van der Waals surface area (Å²) in [6.45, 7) is 2.34. The third-order valence-corrected chi connectivity index (χ3v) is 5.80. The van der Waals surface area contributed by atoms with Gasteiger partial charge in [-0.25, -0.2) is 4.98 Å². The highest BCUT2D eigenvalue weighted by Crippen LogP contribution is 2.44. The molecule has 11 heteroatoms. The highest BCUT2D eigenvalue weighted by molar-refractivity contribution is 6.30. The molecule has 5 rings (SSSR count). The number of hydrogen-bond donors (Lipinski definition) is 0. The van der Waals surface area contributed by atoms with Crippen LogP contribution in [0.15, 0.2) is 53.4 Å². The van der Waals surface area contributed by atoms with Gasteiger partial charge in [-0.1, -0.05) is 22.8 Å². The fourth-order valence-corrected chi connectivity index (χ4v) is 4.32. The maximum absolute atomic E-state index is 12.2. The monoisotopic (exact) mass is 465 g/mol. The van der Waals surface area contributed by atoms with Crippen molar-refractivity contribution in [1.29, 1.82) is 0 Å². The molecule has 1 aliphatic rings. The first-order valence-corrected chi connectivity index (χ1v) is 10.9. The Hall–Kier alpha value is -3.79. The van der Waals surface area contributed by atoms with Crippen molar-refractivity contribution >= 4 is 18.0 Å². The van der Waals surface area contributed by atoms with Crippen LogP contribution < -0.4 is 4.74 Å². The summed E-state index contributed by atoms with van der Waals surface area (Å²) in [6.07, 6.45) is 7.02. The summed E-state index contributed by atoms with van der Waals surface area (Å²) in [5.41, 5.74) is 2.21. The smallest absolute Gasteiger partial charge is 0.263 e. The first kappa shape index (κ1) is 21.1. The molecule has 1 amide bonds. The number of benzene rings is 1. The number of nitrogens with zero attached hydrogens (tertiary/aromatic N) is 7. The maximum Gasteiger partial charge on any atom is 0.263 e. The molecule has 1 aromatic carbocycles. The Labute approximate surface area is 194 Å². The van der Waals surface area contributed by atoms with E-state index in [2.05, 4.69) is 25.3 Å². The Kier molecular flexibility index (Phi) is 5.74. The molecule has 0 radical (unpaired) electrons. The normalized spacial score (nSPS) is 17.9. The van der Waals surface area contributed by atoms with E-state index in [4.69, 9.17) is 20.9 Å². The molecule has 33 heavy (non-hydrogen) atoms. The number of hydrogen-bond acceptors (Lipinski definition) is 8. The highest BCUT2D eigenvalue weighted by Gasteiger charge is 2.38. The summed E-state index contributed by atoms with van der Waals surface area (Å²) in [5.74, 6) is 1.15. The lowest BCUT2D eigenvalue weighted by molar-refractivity contribution is -0.121. The molecular weight excluding hydrogens is 446 g/mol. The van der Waals surface area contributed by atoms with Crippen molar-refractivity contribution in [2.75, 3.05) is 6.61 Å². The Morgan fingerprint density at radius 1 is 1.18 bits per heavy atom. The number of rotatable bonds is 7. The zero-order valence-electron chi connectivity index (χ0n) is 17.7. The van der Waals surface area contributed by atoms with Crippen molar-refractivity contribution in [2.45, 2.75) is 31.8 Å². The van der Waals surface area contributed by atoms with Gasteiger partial charge in [0.15, 0.2) is 5.82 Å². The molecule has 1 fully saturated rings. The van der Waals surface area contributed by atoms with Gasteiger partial charge in [-0.05, 0) is 44.0 Å². The van der Waals surface area contributed by atoms with Gasteiger partial charge in [0.05, 0.1) is 36.8 Å². The molecule has 1 saturated heterocycles. The minimum Gasteiger partial charge on any atom is -0.477 e. The minimum atomic E-state index is -0.341. The van der Waals surface area contributed by atoms with Crippen LogP contribution in [-0.2, 0) is 4.79 Å². The number of amides is 1. The molecule has 1 unspecified atom stereocenters. The topological polar surface area (TPSA) is 112 Å². The molecule has 10 nitrogen and oxygen atoms in total. The number of likely N-dealkylation sites (tertiary alicyclic amines) is 1. The van der Waals surface area contributed by atoms with Gasteiger partial charge in [0, 0.05) is 16.8 Å². The van der Waals surface area contributed by atoms with Crippen molar-refractivity contribution in [3.05, 3.63) is 65.3 Å². The Morgan fingerprint density at radius 2 is 2.00 bits per heavy atom. The summed E-state index contributed by atoms with van der Waals surface area (Å²) in [6, 6.07) is 8.51. The third-order valence-electron chi connectivity index (χ3n) is 5.56. The van der Waals surface area contributed by atoms with E-state index in [9.17, 15) is 4.79 Å². The van der Waals surface area contributed by atoms with Crippen molar-refractivity contribution in [3.8, 4) is 23.0 Å². The van der Waals surface area contributed by atoms with Gasteiger partial charge in [-0.2, -0.15) is 20.0 Å². The van der Waals surface area contributed by atoms with Crippen LogP contribution in [0.2, 0.25) is 5.02 Å². The maximum atomic E-state index is 12.2. The van der Waals surface area contributed by atoms with Gasteiger partial charge in [-0.15, -0.1) is 0 Å². The number of carbonyl (C=O) groups is 1. The van der Waals surface area contributed by atoms with E-state index in [0.29, 0.717) is 47.6 Å². The average molecular weight is 466 g/mol. The second-order valence-electron chi connectivity index (χ2n) is 7.43. The summed E-state index contributed by atoms with van der Waals surface area (Å²) >= 11 is 6.23. The average Bonchev–Trinajstić information content (AvgIpc) is 3.60. The molecule has 0 spiro atoms. The molecule has 0 saturated carbocycles. The van der Waals surface area contributed by atoms with Gasteiger partial charge in [0.25, 0.3) is 5.89 Å². The van der Waals surface area contributed by atoms with Gasteiger partial charge >= 0.3 is 0 Å². The Balaban J connectivity index is 1.47. The predicted molar refractivity (Wildman–Crippen MR) is 118 cm³/mol. The van der Waals surface area contributed by atoms with Crippen molar-refractivity contribution in [2.24, 2.45) is 0 Å². The zero-order chi connectivity index (χ0) is 22.8. The van der Waals surface area contributed by atoms with Crippen LogP contribution in [0.3, 0.4) is 0 Å². The molecule has 2 atom stereocenters. The lowest BCUT2D eigenvalue weighted by Gasteiger charge is -2.26. The van der Waals surface area contributed by atoms with Gasteiger partial charge < -0.3 is 14.2 Å². The summed E-state index contributed by atoms with van der Waals surface area (Å²) in [4.78, 5) is 24.2. The fourth-order valence-electron chi connectivity index (χ4n) is 4.15. The summed E-state index contributed by atoms with van der Waals surface area (Å²) in [5, 5.41) is 13.2. The van der Waals surface area contributed by atoms with Crippen LogP contribution in [0.5, 0.6) is 5.88 Å². The second-order valence-corrected chi connectivity index (χ2v) is 7.87. The summed E-state index contributed by atoms with van der Waals surface area (Å²) < 4.78 is 11.1. The zero-order valence-corrected chi connectivity index (χ0v) is 18.5. The molecule has 0 aliphatic carbocycles. The van der Waals surface area contributed by atoms with E-state index in [-0.39, 0.29) is 12.1 Å².